The number of carbonyl (C=O) groups excluding carboxylic acids is 1. The van der Waals surface area contributed by atoms with Crippen LogP contribution in [-0.2, 0) is 6.54 Å². The van der Waals surface area contributed by atoms with E-state index < -0.39 is 0 Å². The van der Waals surface area contributed by atoms with Crippen molar-refractivity contribution in [3.8, 4) is 0 Å². The van der Waals surface area contributed by atoms with Gasteiger partial charge >= 0.3 is 6.03 Å². The molecule has 1 heterocycles. The van der Waals surface area contributed by atoms with Gasteiger partial charge < -0.3 is 10.6 Å². The maximum atomic E-state index is 10.7. The summed E-state index contributed by atoms with van der Waals surface area (Å²) in [5.41, 5.74) is 5.08. The van der Waals surface area contributed by atoms with Crippen molar-refractivity contribution in [2.45, 2.75) is 13.5 Å². The van der Waals surface area contributed by atoms with Crippen LogP contribution in [0.5, 0.6) is 0 Å². The predicted molar refractivity (Wildman–Crippen MR) is 50.1 cm³/mol. The normalized spacial score (nSPS) is 9.83. The molecule has 2 amide bonds. The van der Waals surface area contributed by atoms with E-state index in [4.69, 9.17) is 5.73 Å². The molecule has 1 aromatic rings. The van der Waals surface area contributed by atoms with Crippen molar-refractivity contribution in [3.63, 3.8) is 0 Å². The molecular weight excluding hydrogens is 172 g/mol. The van der Waals surface area contributed by atoms with Crippen LogP contribution in [0.25, 0.3) is 0 Å². The van der Waals surface area contributed by atoms with E-state index in [2.05, 4.69) is 0 Å². The molecule has 0 aliphatic heterocycles. The lowest BCUT2D eigenvalue weighted by Gasteiger charge is -2.11. The zero-order valence-electron chi connectivity index (χ0n) is 7.20. The molecule has 2 N–H and O–H groups in total. The zero-order valence-corrected chi connectivity index (χ0v) is 8.02. The number of urea groups is 1. The second-order valence-corrected chi connectivity index (χ2v) is 4.08. The lowest BCUT2D eigenvalue weighted by atomic mass is 10.4. The van der Waals surface area contributed by atoms with Gasteiger partial charge in [0.25, 0.3) is 0 Å². The summed E-state index contributed by atoms with van der Waals surface area (Å²) in [6.45, 7) is 2.65. The highest BCUT2D eigenvalue weighted by Gasteiger charge is 2.04. The number of hydrogen-bond donors (Lipinski definition) is 1. The van der Waals surface area contributed by atoms with Gasteiger partial charge in [-0.2, -0.15) is 0 Å². The summed E-state index contributed by atoms with van der Waals surface area (Å²) in [6, 6.07) is 3.66. The first-order chi connectivity index (χ1) is 5.59. The number of carbonyl (C=O) groups is 1. The summed E-state index contributed by atoms with van der Waals surface area (Å²) in [5, 5.41) is 0. The van der Waals surface area contributed by atoms with E-state index >= 15 is 0 Å². The van der Waals surface area contributed by atoms with Crippen molar-refractivity contribution in [2.75, 3.05) is 7.05 Å². The Morgan fingerprint density at radius 2 is 2.33 bits per heavy atom. The van der Waals surface area contributed by atoms with Crippen LogP contribution >= 0.6 is 11.3 Å². The summed E-state index contributed by atoms with van der Waals surface area (Å²) < 4.78 is 0. The van der Waals surface area contributed by atoms with Crippen LogP contribution in [0.1, 0.15) is 9.75 Å². The average molecular weight is 184 g/mol. The maximum Gasteiger partial charge on any atom is 0.314 e. The summed E-state index contributed by atoms with van der Waals surface area (Å²) in [7, 11) is 1.69. The van der Waals surface area contributed by atoms with Gasteiger partial charge in [-0.05, 0) is 19.1 Å². The number of thiophene rings is 1. The minimum absolute atomic E-state index is 0.388. The Hall–Kier alpha value is -1.03. The Kier molecular flexibility index (Phi) is 2.70. The van der Waals surface area contributed by atoms with Crippen LogP contribution < -0.4 is 5.73 Å². The van der Waals surface area contributed by atoms with Gasteiger partial charge in [-0.25, -0.2) is 4.79 Å². The fourth-order valence-electron chi connectivity index (χ4n) is 0.882. The van der Waals surface area contributed by atoms with Crippen LogP contribution in [0.3, 0.4) is 0 Å². The Morgan fingerprint density at radius 1 is 1.67 bits per heavy atom. The van der Waals surface area contributed by atoms with Gasteiger partial charge in [0.05, 0.1) is 6.54 Å². The summed E-state index contributed by atoms with van der Waals surface area (Å²) in [4.78, 5) is 14.6. The van der Waals surface area contributed by atoms with E-state index in [1.165, 1.54) is 9.78 Å². The summed E-state index contributed by atoms with van der Waals surface area (Å²) in [5.74, 6) is 0. The highest BCUT2D eigenvalue weighted by atomic mass is 32.1. The molecule has 0 atom stereocenters. The zero-order chi connectivity index (χ0) is 9.14. The highest BCUT2D eigenvalue weighted by Crippen LogP contribution is 2.16. The first kappa shape index (κ1) is 9.06. The van der Waals surface area contributed by atoms with E-state index in [0.29, 0.717) is 6.54 Å². The van der Waals surface area contributed by atoms with Crippen molar-refractivity contribution < 1.29 is 4.79 Å². The molecule has 12 heavy (non-hydrogen) atoms. The molecule has 0 fully saturated rings. The summed E-state index contributed by atoms with van der Waals surface area (Å²) >= 11 is 1.68. The van der Waals surface area contributed by atoms with Crippen LogP contribution in [0.15, 0.2) is 12.1 Å². The van der Waals surface area contributed by atoms with Crippen molar-refractivity contribution >= 4 is 17.4 Å². The molecule has 0 saturated heterocycles. The van der Waals surface area contributed by atoms with Crippen molar-refractivity contribution in [3.05, 3.63) is 21.9 Å². The Labute approximate surface area is 75.8 Å². The fourth-order valence-corrected chi connectivity index (χ4v) is 1.83. The summed E-state index contributed by atoms with van der Waals surface area (Å²) in [6.07, 6.45) is 0. The van der Waals surface area contributed by atoms with Gasteiger partial charge in [0.1, 0.15) is 0 Å². The standard InChI is InChI=1S/C8H12N2OS/c1-6-3-4-7(12-6)5-10(2)8(9)11/h3-4H,5H2,1-2H3,(H2,9,11). The average Bonchev–Trinajstić information content (AvgIpc) is 2.35. The lowest BCUT2D eigenvalue weighted by molar-refractivity contribution is 0.217. The number of nitrogens with zero attached hydrogens (tertiary/aromatic N) is 1. The maximum absolute atomic E-state index is 10.7. The van der Waals surface area contributed by atoms with Crippen molar-refractivity contribution in [2.24, 2.45) is 5.73 Å². The minimum atomic E-state index is -0.388. The third-order valence-corrected chi connectivity index (χ3v) is 2.55. The topological polar surface area (TPSA) is 46.3 Å². The number of hydrogen-bond acceptors (Lipinski definition) is 2. The van der Waals surface area contributed by atoms with Gasteiger partial charge in [0.2, 0.25) is 0 Å². The molecule has 0 radical (unpaired) electrons. The second-order valence-electron chi connectivity index (χ2n) is 2.71. The molecule has 1 rings (SSSR count). The molecular formula is C8H12N2OS. The van der Waals surface area contributed by atoms with Crippen LogP contribution in [0, 0.1) is 6.92 Å². The van der Waals surface area contributed by atoms with E-state index in [0.717, 1.165) is 4.88 Å². The molecule has 0 bridgehead atoms. The molecule has 0 spiro atoms. The molecule has 0 aliphatic rings. The largest absolute Gasteiger partial charge is 0.351 e. The molecule has 3 nitrogen and oxygen atoms in total. The van der Waals surface area contributed by atoms with Gasteiger partial charge in [-0.15, -0.1) is 11.3 Å². The third-order valence-electron chi connectivity index (χ3n) is 1.57. The number of aryl methyl sites for hydroxylation is 1. The van der Waals surface area contributed by atoms with Crippen LogP contribution in [-0.4, -0.2) is 18.0 Å². The number of primary amides is 1. The fraction of sp³-hybridized carbons (Fsp3) is 0.375. The molecule has 4 heteroatoms. The molecule has 0 unspecified atom stereocenters. The molecule has 0 aromatic carbocycles. The quantitative estimate of drug-likeness (QED) is 0.745. The van der Waals surface area contributed by atoms with Crippen LogP contribution in [0.2, 0.25) is 0 Å². The van der Waals surface area contributed by atoms with Crippen LogP contribution in [0.4, 0.5) is 4.79 Å². The molecule has 0 aliphatic carbocycles. The Bertz CT molecular complexity index is 282. The highest BCUT2D eigenvalue weighted by molar-refractivity contribution is 7.11. The van der Waals surface area contributed by atoms with Gasteiger partial charge in [-0.3, -0.25) is 0 Å². The lowest BCUT2D eigenvalue weighted by Crippen LogP contribution is -2.31. The van der Waals surface area contributed by atoms with E-state index in [-0.39, 0.29) is 6.03 Å². The second kappa shape index (κ2) is 3.58. The van der Waals surface area contributed by atoms with Gasteiger partial charge in [0, 0.05) is 16.8 Å². The van der Waals surface area contributed by atoms with Crippen molar-refractivity contribution in [1.82, 2.24) is 4.90 Å². The number of nitrogens with two attached hydrogens (primary N) is 1. The molecule has 1 aromatic heterocycles. The Morgan fingerprint density at radius 3 is 2.75 bits per heavy atom. The number of amides is 2. The third kappa shape index (κ3) is 2.23. The predicted octanol–water partition coefficient (Wildman–Crippen LogP) is 1.57. The SMILES string of the molecule is Cc1ccc(CN(C)C(N)=O)s1. The molecule has 66 valence electrons. The van der Waals surface area contributed by atoms with Gasteiger partial charge in [-0.1, -0.05) is 0 Å². The van der Waals surface area contributed by atoms with E-state index in [9.17, 15) is 4.79 Å². The minimum Gasteiger partial charge on any atom is -0.351 e. The van der Waals surface area contributed by atoms with Gasteiger partial charge in [0.15, 0.2) is 0 Å². The first-order valence-corrected chi connectivity index (χ1v) is 4.47. The Balaban J connectivity index is 2.58. The van der Waals surface area contributed by atoms with Crippen molar-refractivity contribution in [1.29, 1.82) is 0 Å². The van der Waals surface area contributed by atoms with E-state index in [1.807, 2.05) is 19.1 Å². The smallest absolute Gasteiger partial charge is 0.314 e. The molecule has 0 saturated carbocycles. The number of rotatable bonds is 2. The first-order valence-electron chi connectivity index (χ1n) is 3.65. The monoisotopic (exact) mass is 184 g/mol. The van der Waals surface area contributed by atoms with E-state index in [1.54, 1.807) is 18.4 Å².